The van der Waals surface area contributed by atoms with Crippen LogP contribution in [0.3, 0.4) is 0 Å². The summed E-state index contributed by atoms with van der Waals surface area (Å²) in [7, 11) is -3.81. The molecule has 3 aliphatic heterocycles. The molecule has 0 spiro atoms. The van der Waals surface area contributed by atoms with E-state index in [9.17, 15) is 28.6 Å². The molecule has 48 heavy (non-hydrogen) atoms. The van der Waals surface area contributed by atoms with Crippen LogP contribution in [0.25, 0.3) is 0 Å². The lowest BCUT2D eigenvalue weighted by molar-refractivity contribution is -0.142. The summed E-state index contributed by atoms with van der Waals surface area (Å²) in [4.78, 5) is 68.5. The summed E-state index contributed by atoms with van der Waals surface area (Å²) in [6, 6.07) is 3.92. The Labute approximate surface area is 283 Å². The van der Waals surface area contributed by atoms with Gasteiger partial charge in [0.1, 0.15) is 23.5 Å². The fourth-order valence-corrected chi connectivity index (χ4v) is 8.82. The van der Waals surface area contributed by atoms with Gasteiger partial charge in [-0.2, -0.15) is 0 Å². The van der Waals surface area contributed by atoms with Gasteiger partial charge in [0.25, 0.3) is 0 Å². The van der Waals surface area contributed by atoms with Crippen LogP contribution in [0.1, 0.15) is 83.4 Å². The van der Waals surface area contributed by atoms with E-state index in [1.54, 1.807) is 31.7 Å². The Morgan fingerprint density at radius 2 is 1.88 bits per heavy atom. The van der Waals surface area contributed by atoms with Crippen molar-refractivity contribution in [1.29, 1.82) is 0 Å². The number of carbonyl (C=O) groups is 4. The number of hydrogen-bond donors (Lipinski definition) is 3. The smallest absolute Gasteiger partial charge is 0.410 e. The minimum atomic E-state index is -3.81. The molecule has 1 saturated carbocycles. The van der Waals surface area contributed by atoms with Crippen molar-refractivity contribution in [3.05, 3.63) is 47.5 Å². The van der Waals surface area contributed by atoms with Crippen molar-refractivity contribution in [3.8, 4) is 0 Å². The van der Waals surface area contributed by atoms with Crippen LogP contribution in [0, 0.1) is 16.7 Å². The number of aryl methyl sites for hydroxylation is 1. The fourth-order valence-electron chi connectivity index (χ4n) is 7.25. The second kappa shape index (κ2) is 13.2. The topological polar surface area (TPSA) is 155 Å². The van der Waals surface area contributed by atoms with Gasteiger partial charge < -0.3 is 29.9 Å². The largest absolute Gasteiger partial charge is 0.449 e. The van der Waals surface area contributed by atoms with Crippen molar-refractivity contribution in [2.75, 3.05) is 19.8 Å². The van der Waals surface area contributed by atoms with E-state index in [0.717, 1.165) is 36.8 Å². The van der Waals surface area contributed by atoms with Crippen LogP contribution in [0.5, 0.6) is 0 Å². The van der Waals surface area contributed by atoms with Gasteiger partial charge >= 0.3 is 12.2 Å². The lowest BCUT2D eigenvalue weighted by atomic mass is 9.85. The molecule has 3 heterocycles. The normalized spacial score (nSPS) is 30.8. The third-order valence-corrected chi connectivity index (χ3v) is 12.4. The minimum Gasteiger partial charge on any atom is -0.449 e. The number of alkyl carbamates (subject to hydrolysis) is 1. The number of nitrogens with one attached hydrogen (secondary N) is 2. The molecule has 0 radical (unpaired) electrons. The van der Waals surface area contributed by atoms with Crippen LogP contribution in [0.4, 0.5) is 9.59 Å². The quantitative estimate of drug-likeness (QED) is 0.298. The highest BCUT2D eigenvalue weighted by Gasteiger charge is 2.64. The molecule has 1 aromatic rings. The zero-order chi connectivity index (χ0) is 35.2. The predicted octanol–water partition coefficient (Wildman–Crippen LogP) is 4.92. The van der Waals surface area contributed by atoms with Crippen molar-refractivity contribution < 1.29 is 38.1 Å². The van der Waals surface area contributed by atoms with Gasteiger partial charge in [-0.05, 0) is 53.2 Å². The Bertz CT molecular complexity index is 1520. The van der Waals surface area contributed by atoms with Crippen LogP contribution >= 0.6 is 7.37 Å². The Balaban J connectivity index is 1.45. The number of amides is 4. The summed E-state index contributed by atoms with van der Waals surface area (Å²) in [5.41, 5.74) is 2.31. The van der Waals surface area contributed by atoms with Gasteiger partial charge in [-0.3, -0.25) is 19.1 Å². The maximum Gasteiger partial charge on any atom is 0.410 e. The first-order chi connectivity index (χ1) is 22.3. The summed E-state index contributed by atoms with van der Waals surface area (Å²) in [6.45, 7) is 15.3. The molecule has 1 aromatic carbocycles. The lowest BCUT2D eigenvalue weighted by Crippen LogP contribution is -2.58. The molecule has 264 valence electrons. The van der Waals surface area contributed by atoms with Crippen LogP contribution in [-0.4, -0.2) is 82.0 Å². The molecule has 1 unspecified atom stereocenters. The van der Waals surface area contributed by atoms with Crippen LogP contribution in [0.15, 0.2) is 30.9 Å². The molecule has 2 fully saturated rings. The zero-order valence-corrected chi connectivity index (χ0v) is 29.9. The highest BCUT2D eigenvalue weighted by Crippen LogP contribution is 2.67. The first-order valence-corrected chi connectivity index (χ1v) is 19.0. The van der Waals surface area contributed by atoms with E-state index in [4.69, 9.17) is 9.47 Å². The first kappa shape index (κ1) is 35.9. The minimum absolute atomic E-state index is 0.0148. The van der Waals surface area contributed by atoms with E-state index < -0.39 is 66.2 Å². The van der Waals surface area contributed by atoms with E-state index in [2.05, 4.69) is 23.3 Å². The molecule has 3 N–H and O–H groups in total. The number of rotatable bonds is 4. The standard InChI is InChI=1S/C35H51N4O8P/c1-8-24-17-35(24,48(7,44)45)37-29(40)27-16-25-19-39(27)30(41)28(33(2,3)4)36-31(42)46-21-34(5,6)15-10-9-12-22-13-11-14-23-18-38(20-26(22)23)32(43)47-25/h8,11,13-14,24-25,27-28H,1,9-10,12,15-21H2,2-7H3,(H,36,42)(H,37,40)(H,44,45)/t24-,25+,27-,28+,35+/m0/s1. The summed E-state index contributed by atoms with van der Waals surface area (Å²) < 4.78 is 24.5. The summed E-state index contributed by atoms with van der Waals surface area (Å²) >= 11 is 0. The van der Waals surface area contributed by atoms with E-state index >= 15 is 0 Å². The van der Waals surface area contributed by atoms with Crippen molar-refractivity contribution >= 4 is 31.4 Å². The SMILES string of the molecule is C=C[C@H]1C[C@@]1(NC(=O)[C@@H]1C[C@@H]2CN1C(=O)[C@H](C(C)(C)C)NC(=O)OCC(C)(C)CCCCc1cccc3c1CN(C3)C(=O)O2)P(C)(=O)O. The van der Waals surface area contributed by atoms with Crippen molar-refractivity contribution in [3.63, 3.8) is 0 Å². The van der Waals surface area contributed by atoms with Crippen LogP contribution in [-0.2, 0) is 43.1 Å². The number of benzene rings is 1. The van der Waals surface area contributed by atoms with Gasteiger partial charge in [-0.15, -0.1) is 6.58 Å². The number of nitrogens with zero attached hydrogens (tertiary/aromatic N) is 2. The number of carbonyl (C=O) groups excluding carboxylic acids is 4. The summed E-state index contributed by atoms with van der Waals surface area (Å²) in [5, 5.41) is 4.15. The molecule has 6 atom stereocenters. The second-order valence-electron chi connectivity index (χ2n) is 15.9. The van der Waals surface area contributed by atoms with E-state index in [1.165, 1.54) is 17.1 Å². The summed E-state index contributed by atoms with van der Waals surface area (Å²) in [6.07, 6.45) is 3.22. The monoisotopic (exact) mass is 686 g/mol. The molecule has 5 rings (SSSR count). The van der Waals surface area contributed by atoms with E-state index in [0.29, 0.717) is 13.1 Å². The number of cyclic esters (lactones) is 1. The zero-order valence-electron chi connectivity index (χ0n) is 29.0. The second-order valence-corrected chi connectivity index (χ2v) is 18.4. The highest BCUT2D eigenvalue weighted by molar-refractivity contribution is 7.59. The van der Waals surface area contributed by atoms with Crippen molar-refractivity contribution in [1.82, 2.24) is 20.4 Å². The van der Waals surface area contributed by atoms with Crippen LogP contribution in [0.2, 0.25) is 0 Å². The van der Waals surface area contributed by atoms with Gasteiger partial charge in [-0.1, -0.05) is 65.3 Å². The Morgan fingerprint density at radius 1 is 1.17 bits per heavy atom. The van der Waals surface area contributed by atoms with Gasteiger partial charge in [-0.25, -0.2) is 9.59 Å². The molecular formula is C35H51N4O8P. The van der Waals surface area contributed by atoms with Gasteiger partial charge in [0.15, 0.2) is 0 Å². The molecule has 4 aliphatic rings. The third-order valence-electron chi connectivity index (χ3n) is 10.3. The number of hydrogen-bond acceptors (Lipinski definition) is 7. The molecule has 0 aromatic heterocycles. The average molecular weight is 687 g/mol. The molecule has 1 saturated heterocycles. The maximum absolute atomic E-state index is 14.3. The van der Waals surface area contributed by atoms with Crippen molar-refractivity contribution in [2.45, 2.75) is 110 Å². The third kappa shape index (κ3) is 7.44. The molecule has 12 nitrogen and oxygen atoms in total. The maximum atomic E-state index is 14.3. The molecule has 4 amide bonds. The molecule has 13 heteroatoms. The first-order valence-electron chi connectivity index (χ1n) is 16.9. The summed E-state index contributed by atoms with van der Waals surface area (Å²) in [5.74, 6) is -1.57. The van der Waals surface area contributed by atoms with Gasteiger partial charge in [0.05, 0.1) is 13.2 Å². The Hall–Kier alpha value is -3.37. The number of fused-ring (bicyclic) bond motifs is 3. The van der Waals surface area contributed by atoms with Gasteiger partial charge in [0, 0.05) is 32.1 Å². The Kier molecular flexibility index (Phi) is 9.85. The van der Waals surface area contributed by atoms with Gasteiger partial charge in [0.2, 0.25) is 19.2 Å². The number of ether oxygens (including phenoxy) is 2. The van der Waals surface area contributed by atoms with E-state index in [-0.39, 0.29) is 31.4 Å². The Morgan fingerprint density at radius 3 is 2.52 bits per heavy atom. The van der Waals surface area contributed by atoms with Crippen LogP contribution < -0.4 is 10.6 Å². The lowest BCUT2D eigenvalue weighted by Gasteiger charge is -2.35. The van der Waals surface area contributed by atoms with Crippen molar-refractivity contribution in [2.24, 2.45) is 16.7 Å². The predicted molar refractivity (Wildman–Crippen MR) is 180 cm³/mol. The molecule has 4 bridgehead atoms. The fraction of sp³-hybridized carbons (Fsp3) is 0.657. The van der Waals surface area contributed by atoms with E-state index in [1.807, 2.05) is 26.0 Å². The molecule has 1 aliphatic carbocycles. The molecular weight excluding hydrogens is 635 g/mol. The average Bonchev–Trinajstić information content (AvgIpc) is 3.31. The highest BCUT2D eigenvalue weighted by atomic mass is 31.2.